The minimum absolute atomic E-state index is 0.103. The molecule has 0 saturated carbocycles. The number of hydrogen-bond donors (Lipinski definition) is 3. The summed E-state index contributed by atoms with van der Waals surface area (Å²) in [4.78, 5) is 29.8. The molecule has 28 heavy (non-hydrogen) atoms. The van der Waals surface area contributed by atoms with Gasteiger partial charge in [0.1, 0.15) is 0 Å². The number of amides is 2. The summed E-state index contributed by atoms with van der Waals surface area (Å²) in [6.07, 6.45) is 3.60. The lowest BCUT2D eigenvalue weighted by Gasteiger charge is -2.26. The number of rotatable bonds is 8. The SMILES string of the molecule is CN=C(NCCCCC(C)C)NCc1ccc(C(=O)N2CCNC(=O)C2)cc1. The zero-order valence-corrected chi connectivity index (χ0v) is 17.3. The van der Waals surface area contributed by atoms with Crippen molar-refractivity contribution in [2.24, 2.45) is 10.9 Å². The van der Waals surface area contributed by atoms with Crippen molar-refractivity contribution in [3.8, 4) is 0 Å². The summed E-state index contributed by atoms with van der Waals surface area (Å²) in [5.74, 6) is 1.32. The van der Waals surface area contributed by atoms with Crippen LogP contribution in [-0.4, -0.2) is 55.9 Å². The third-order valence-corrected chi connectivity index (χ3v) is 4.71. The van der Waals surface area contributed by atoms with Crippen LogP contribution < -0.4 is 16.0 Å². The predicted octanol–water partition coefficient (Wildman–Crippen LogP) is 1.75. The molecule has 0 spiro atoms. The van der Waals surface area contributed by atoms with E-state index in [4.69, 9.17) is 0 Å². The molecule has 7 heteroatoms. The first kappa shape index (κ1) is 21.7. The molecule has 1 saturated heterocycles. The average Bonchev–Trinajstić information content (AvgIpc) is 2.69. The standard InChI is InChI=1S/C21H33N5O2/c1-16(2)6-4-5-11-24-21(22-3)25-14-17-7-9-18(10-8-17)20(28)26-13-12-23-19(27)15-26/h7-10,16H,4-6,11-15H2,1-3H3,(H,23,27)(H2,22,24,25). The van der Waals surface area contributed by atoms with Gasteiger partial charge in [-0.05, 0) is 30.0 Å². The molecule has 0 unspecified atom stereocenters. The number of nitrogens with zero attached hydrogens (tertiary/aromatic N) is 2. The molecule has 154 valence electrons. The molecule has 1 heterocycles. The number of hydrogen-bond acceptors (Lipinski definition) is 3. The van der Waals surface area contributed by atoms with Gasteiger partial charge in [0.2, 0.25) is 5.91 Å². The highest BCUT2D eigenvalue weighted by atomic mass is 16.2. The zero-order chi connectivity index (χ0) is 20.4. The van der Waals surface area contributed by atoms with Crippen LogP contribution >= 0.6 is 0 Å². The Morgan fingerprint density at radius 3 is 2.61 bits per heavy atom. The van der Waals surface area contributed by atoms with Crippen molar-refractivity contribution in [3.05, 3.63) is 35.4 Å². The summed E-state index contributed by atoms with van der Waals surface area (Å²) in [5.41, 5.74) is 1.67. The van der Waals surface area contributed by atoms with Crippen LogP contribution in [-0.2, 0) is 11.3 Å². The molecule has 0 aromatic heterocycles. The monoisotopic (exact) mass is 387 g/mol. The van der Waals surface area contributed by atoms with Crippen LogP contribution in [0.3, 0.4) is 0 Å². The summed E-state index contributed by atoms with van der Waals surface area (Å²) in [6.45, 7) is 7.21. The topological polar surface area (TPSA) is 85.8 Å². The number of carbonyl (C=O) groups is 2. The Morgan fingerprint density at radius 1 is 1.21 bits per heavy atom. The van der Waals surface area contributed by atoms with Gasteiger partial charge in [0.25, 0.3) is 5.91 Å². The van der Waals surface area contributed by atoms with E-state index in [2.05, 4.69) is 34.8 Å². The predicted molar refractivity (Wildman–Crippen MR) is 112 cm³/mol. The second kappa shape index (κ2) is 11.3. The van der Waals surface area contributed by atoms with E-state index in [1.165, 1.54) is 12.8 Å². The van der Waals surface area contributed by atoms with Crippen molar-refractivity contribution in [2.75, 3.05) is 33.2 Å². The quantitative estimate of drug-likeness (QED) is 0.360. The molecular weight excluding hydrogens is 354 g/mol. The highest BCUT2D eigenvalue weighted by Crippen LogP contribution is 2.09. The third-order valence-electron chi connectivity index (χ3n) is 4.71. The summed E-state index contributed by atoms with van der Waals surface area (Å²) in [7, 11) is 1.76. The minimum Gasteiger partial charge on any atom is -0.356 e. The summed E-state index contributed by atoms with van der Waals surface area (Å²) in [6, 6.07) is 7.49. The molecule has 3 N–H and O–H groups in total. The van der Waals surface area contributed by atoms with Gasteiger partial charge >= 0.3 is 0 Å². The van der Waals surface area contributed by atoms with Gasteiger partial charge in [-0.3, -0.25) is 14.6 Å². The van der Waals surface area contributed by atoms with Gasteiger partial charge in [0.05, 0.1) is 6.54 Å². The zero-order valence-electron chi connectivity index (χ0n) is 17.3. The van der Waals surface area contributed by atoms with Gasteiger partial charge in [-0.1, -0.05) is 38.8 Å². The Labute approximate surface area is 168 Å². The molecule has 1 aromatic carbocycles. The van der Waals surface area contributed by atoms with Gasteiger partial charge < -0.3 is 20.9 Å². The molecule has 0 aliphatic carbocycles. The number of carbonyl (C=O) groups excluding carboxylic acids is 2. The van der Waals surface area contributed by atoms with E-state index in [9.17, 15) is 9.59 Å². The summed E-state index contributed by atoms with van der Waals surface area (Å²) < 4.78 is 0. The largest absolute Gasteiger partial charge is 0.356 e. The van der Waals surface area contributed by atoms with E-state index in [-0.39, 0.29) is 18.4 Å². The van der Waals surface area contributed by atoms with Crippen LogP contribution in [0.15, 0.2) is 29.3 Å². The maximum absolute atomic E-state index is 12.5. The molecule has 1 aromatic rings. The molecule has 0 bridgehead atoms. The van der Waals surface area contributed by atoms with Gasteiger partial charge in [-0.2, -0.15) is 0 Å². The van der Waals surface area contributed by atoms with Crippen LogP contribution in [0.2, 0.25) is 0 Å². The van der Waals surface area contributed by atoms with Gasteiger partial charge in [-0.15, -0.1) is 0 Å². The number of nitrogens with one attached hydrogen (secondary N) is 3. The van der Waals surface area contributed by atoms with E-state index in [1.807, 2.05) is 24.3 Å². The van der Waals surface area contributed by atoms with Crippen LogP contribution in [0, 0.1) is 5.92 Å². The highest BCUT2D eigenvalue weighted by Gasteiger charge is 2.22. The first-order chi connectivity index (χ1) is 13.5. The Bertz CT molecular complexity index is 670. The van der Waals surface area contributed by atoms with Crippen molar-refractivity contribution in [3.63, 3.8) is 0 Å². The maximum Gasteiger partial charge on any atom is 0.254 e. The van der Waals surface area contributed by atoms with Crippen molar-refractivity contribution < 1.29 is 9.59 Å². The normalized spacial score (nSPS) is 14.8. The lowest BCUT2D eigenvalue weighted by molar-refractivity contribution is -0.123. The van der Waals surface area contributed by atoms with Gasteiger partial charge in [-0.25, -0.2) is 0 Å². The van der Waals surface area contributed by atoms with Crippen LogP contribution in [0.4, 0.5) is 0 Å². The smallest absolute Gasteiger partial charge is 0.254 e. The van der Waals surface area contributed by atoms with E-state index >= 15 is 0 Å². The van der Waals surface area contributed by atoms with E-state index in [0.717, 1.165) is 30.4 Å². The molecule has 2 amide bonds. The Hall–Kier alpha value is -2.57. The molecule has 1 aliphatic rings. The fraction of sp³-hybridized carbons (Fsp3) is 0.571. The fourth-order valence-electron chi connectivity index (χ4n) is 3.05. The second-order valence-electron chi connectivity index (χ2n) is 7.52. The number of guanidine groups is 1. The van der Waals surface area contributed by atoms with Crippen molar-refractivity contribution in [2.45, 2.75) is 39.7 Å². The highest BCUT2D eigenvalue weighted by molar-refractivity contribution is 5.97. The average molecular weight is 388 g/mol. The third kappa shape index (κ3) is 7.21. The second-order valence-corrected chi connectivity index (χ2v) is 7.52. The van der Waals surface area contributed by atoms with Crippen LogP contribution in [0.25, 0.3) is 0 Å². The first-order valence-electron chi connectivity index (χ1n) is 10.1. The maximum atomic E-state index is 12.5. The van der Waals surface area contributed by atoms with E-state index < -0.39 is 0 Å². The van der Waals surface area contributed by atoms with Crippen molar-refractivity contribution >= 4 is 17.8 Å². The first-order valence-corrected chi connectivity index (χ1v) is 10.1. The molecule has 0 atom stereocenters. The van der Waals surface area contributed by atoms with Crippen molar-refractivity contribution in [1.29, 1.82) is 0 Å². The molecule has 7 nitrogen and oxygen atoms in total. The Balaban J connectivity index is 1.76. The van der Waals surface area contributed by atoms with Crippen LogP contribution in [0.1, 0.15) is 49.0 Å². The number of unbranched alkanes of at least 4 members (excludes halogenated alkanes) is 1. The fourth-order valence-corrected chi connectivity index (χ4v) is 3.05. The van der Waals surface area contributed by atoms with Gasteiger partial charge in [0, 0.05) is 38.8 Å². The summed E-state index contributed by atoms with van der Waals surface area (Å²) >= 11 is 0. The lowest BCUT2D eigenvalue weighted by atomic mass is 10.1. The van der Waals surface area contributed by atoms with Gasteiger partial charge in [0.15, 0.2) is 5.96 Å². The van der Waals surface area contributed by atoms with E-state index in [1.54, 1.807) is 11.9 Å². The Kier molecular flexibility index (Phi) is 8.78. The lowest BCUT2D eigenvalue weighted by Crippen LogP contribution is -2.49. The molecule has 1 aliphatic heterocycles. The molecule has 2 rings (SSSR count). The number of piperazine rings is 1. The van der Waals surface area contributed by atoms with Crippen molar-refractivity contribution in [1.82, 2.24) is 20.9 Å². The van der Waals surface area contributed by atoms with Crippen LogP contribution in [0.5, 0.6) is 0 Å². The minimum atomic E-state index is -0.108. The number of aliphatic imine (C=N–C) groups is 1. The Morgan fingerprint density at radius 2 is 1.96 bits per heavy atom. The van der Waals surface area contributed by atoms with E-state index in [0.29, 0.717) is 25.2 Å². The number of benzene rings is 1. The molecular formula is C21H33N5O2. The molecule has 1 fully saturated rings. The summed E-state index contributed by atoms with van der Waals surface area (Å²) in [5, 5.41) is 9.35. The molecule has 0 radical (unpaired) electrons.